The van der Waals surface area contributed by atoms with Gasteiger partial charge < -0.3 is 19.5 Å². The normalized spacial score (nSPS) is 22.7. The molecule has 1 aliphatic heterocycles. The molecule has 1 aliphatic rings. The van der Waals surface area contributed by atoms with Crippen LogP contribution in [0, 0.1) is 0 Å². The van der Waals surface area contributed by atoms with E-state index in [1.807, 2.05) is 13.8 Å². The van der Waals surface area contributed by atoms with Crippen molar-refractivity contribution in [2.24, 2.45) is 0 Å². The number of hydrogen-bond donors (Lipinski definition) is 1. The molecular formula is C25H50BNO4. The average Bonchev–Trinajstić information content (AvgIpc) is 3.11. The summed E-state index contributed by atoms with van der Waals surface area (Å²) < 4.78 is 16.4. The third-order valence-corrected chi connectivity index (χ3v) is 5.90. The smallest absolute Gasteiger partial charge is 0.220 e. The van der Waals surface area contributed by atoms with Crippen molar-refractivity contribution in [3.05, 3.63) is 0 Å². The Kier molecular flexibility index (Phi) is 20.9. The lowest BCUT2D eigenvalue weighted by Crippen LogP contribution is -2.41. The number of methoxy groups -OCH3 is 2. The fraction of sp³-hybridized carbons (Fsp3) is 0.960. The molecular weight excluding hydrogens is 389 g/mol. The zero-order chi connectivity index (χ0) is 23.3. The Balaban J connectivity index is 0.00000436. The van der Waals surface area contributed by atoms with Gasteiger partial charge in [-0.15, -0.1) is 0 Å². The van der Waals surface area contributed by atoms with E-state index in [-0.39, 0.29) is 24.2 Å². The molecule has 1 saturated heterocycles. The SMILES string of the molecule is CC.[B]C1OC(CNC(=O)CCCCCCCCCCCCCCC)C(OC)C1OC. The van der Waals surface area contributed by atoms with Gasteiger partial charge >= 0.3 is 0 Å². The van der Waals surface area contributed by atoms with Crippen LogP contribution in [-0.2, 0) is 19.0 Å². The Labute approximate surface area is 194 Å². The van der Waals surface area contributed by atoms with Gasteiger partial charge in [0, 0.05) is 33.2 Å². The molecule has 4 unspecified atom stereocenters. The second kappa shape index (κ2) is 21.3. The minimum Gasteiger partial charge on any atom is -0.377 e. The standard InChI is InChI=1S/C23H44BNO4.C2H6/c1-4-5-6-7-8-9-10-11-12-13-14-15-16-17-20(26)25-18-19-21(27-2)22(28-3)23(24)29-19;1-2/h19,21-23H,4-18H2,1-3H3,(H,25,26);1-2H3. The predicted molar refractivity (Wildman–Crippen MR) is 131 cm³/mol. The molecule has 1 fully saturated rings. The summed E-state index contributed by atoms with van der Waals surface area (Å²) >= 11 is 0. The summed E-state index contributed by atoms with van der Waals surface area (Å²) in [5.74, 6) is 0.0703. The minimum atomic E-state index is -0.520. The van der Waals surface area contributed by atoms with Gasteiger partial charge in [-0.3, -0.25) is 4.79 Å². The highest BCUT2D eigenvalue weighted by atomic mass is 16.6. The zero-order valence-electron chi connectivity index (χ0n) is 21.1. The van der Waals surface area contributed by atoms with Gasteiger partial charge in [0.05, 0.1) is 0 Å². The van der Waals surface area contributed by atoms with Gasteiger partial charge in [0.25, 0.3) is 0 Å². The first-order valence-corrected chi connectivity index (χ1v) is 12.9. The van der Waals surface area contributed by atoms with Crippen LogP contribution in [0.3, 0.4) is 0 Å². The van der Waals surface area contributed by atoms with Gasteiger partial charge in [-0.25, -0.2) is 0 Å². The molecule has 2 radical (unpaired) electrons. The summed E-state index contributed by atoms with van der Waals surface area (Å²) in [4.78, 5) is 12.1. The maximum atomic E-state index is 12.1. The molecule has 1 heterocycles. The third kappa shape index (κ3) is 14.2. The van der Waals surface area contributed by atoms with Crippen LogP contribution in [0.15, 0.2) is 0 Å². The molecule has 0 spiro atoms. The van der Waals surface area contributed by atoms with E-state index in [1.54, 1.807) is 14.2 Å². The van der Waals surface area contributed by atoms with Gasteiger partial charge in [0.15, 0.2) is 0 Å². The topological polar surface area (TPSA) is 56.8 Å². The van der Waals surface area contributed by atoms with Crippen LogP contribution in [-0.4, -0.2) is 58.8 Å². The molecule has 0 bridgehead atoms. The van der Waals surface area contributed by atoms with Crippen molar-refractivity contribution >= 4 is 13.8 Å². The molecule has 1 amide bonds. The van der Waals surface area contributed by atoms with E-state index in [0.717, 1.165) is 12.8 Å². The van der Waals surface area contributed by atoms with Gasteiger partial charge in [0.2, 0.25) is 5.91 Å². The lowest BCUT2D eigenvalue weighted by molar-refractivity contribution is -0.122. The summed E-state index contributed by atoms with van der Waals surface area (Å²) in [6.45, 7) is 6.67. The fourth-order valence-corrected chi connectivity index (χ4v) is 4.08. The van der Waals surface area contributed by atoms with Gasteiger partial charge in [0.1, 0.15) is 26.2 Å². The van der Waals surface area contributed by atoms with E-state index in [1.165, 1.54) is 70.6 Å². The first-order chi connectivity index (χ1) is 15.1. The largest absolute Gasteiger partial charge is 0.377 e. The van der Waals surface area contributed by atoms with Crippen molar-refractivity contribution in [2.75, 3.05) is 20.8 Å². The molecule has 0 aromatic heterocycles. The van der Waals surface area contributed by atoms with E-state index >= 15 is 0 Å². The van der Waals surface area contributed by atoms with Gasteiger partial charge in [-0.2, -0.15) is 0 Å². The lowest BCUT2D eigenvalue weighted by Gasteiger charge is -2.21. The van der Waals surface area contributed by atoms with E-state index in [2.05, 4.69) is 12.2 Å². The van der Waals surface area contributed by atoms with Crippen molar-refractivity contribution in [1.29, 1.82) is 0 Å². The molecule has 1 N–H and O–H groups in total. The first kappa shape index (κ1) is 30.4. The fourth-order valence-electron chi connectivity index (χ4n) is 4.08. The highest BCUT2D eigenvalue weighted by Gasteiger charge is 2.42. The number of carbonyl (C=O) groups is 1. The number of carbonyl (C=O) groups excluding carboxylic acids is 1. The Morgan fingerprint density at radius 1 is 0.806 bits per heavy atom. The molecule has 0 aromatic rings. The highest BCUT2D eigenvalue weighted by Crippen LogP contribution is 2.23. The minimum absolute atomic E-state index is 0.0703. The average molecular weight is 439 g/mol. The second-order valence-corrected chi connectivity index (χ2v) is 8.34. The molecule has 0 aromatic carbocycles. The Morgan fingerprint density at radius 3 is 1.71 bits per heavy atom. The molecule has 182 valence electrons. The number of unbranched alkanes of at least 4 members (excludes halogenated alkanes) is 12. The molecule has 6 heteroatoms. The van der Waals surface area contributed by atoms with Crippen molar-refractivity contribution in [2.45, 2.75) is 135 Å². The third-order valence-electron chi connectivity index (χ3n) is 5.90. The Bertz CT molecular complexity index is 411. The van der Waals surface area contributed by atoms with Crippen LogP contribution in [0.5, 0.6) is 0 Å². The van der Waals surface area contributed by atoms with E-state index in [0.29, 0.717) is 13.0 Å². The molecule has 0 aliphatic carbocycles. The van der Waals surface area contributed by atoms with Crippen molar-refractivity contribution < 1.29 is 19.0 Å². The first-order valence-electron chi connectivity index (χ1n) is 12.9. The number of amides is 1. The van der Waals surface area contributed by atoms with Gasteiger partial charge in [-0.1, -0.05) is 97.8 Å². The Hall–Kier alpha value is -0.585. The van der Waals surface area contributed by atoms with Crippen molar-refractivity contribution in [3.8, 4) is 0 Å². The number of ether oxygens (including phenoxy) is 3. The van der Waals surface area contributed by atoms with Crippen LogP contribution in [0.25, 0.3) is 0 Å². The van der Waals surface area contributed by atoms with Crippen molar-refractivity contribution in [3.63, 3.8) is 0 Å². The van der Waals surface area contributed by atoms with Crippen LogP contribution < -0.4 is 5.32 Å². The quantitative estimate of drug-likeness (QED) is 0.225. The summed E-state index contributed by atoms with van der Waals surface area (Å²) in [6.07, 6.45) is 16.8. The van der Waals surface area contributed by atoms with E-state index < -0.39 is 6.00 Å². The summed E-state index contributed by atoms with van der Waals surface area (Å²) in [7, 11) is 9.11. The lowest BCUT2D eigenvalue weighted by atomic mass is 9.93. The molecule has 1 rings (SSSR count). The zero-order valence-corrected chi connectivity index (χ0v) is 21.1. The maximum Gasteiger partial charge on any atom is 0.220 e. The summed E-state index contributed by atoms with van der Waals surface area (Å²) in [5.41, 5.74) is 0. The molecule has 5 nitrogen and oxygen atoms in total. The van der Waals surface area contributed by atoms with Crippen molar-refractivity contribution in [1.82, 2.24) is 5.32 Å². The van der Waals surface area contributed by atoms with Gasteiger partial charge in [-0.05, 0) is 6.42 Å². The van der Waals surface area contributed by atoms with Crippen LogP contribution in [0.1, 0.15) is 111 Å². The molecule has 0 saturated carbocycles. The number of rotatable bonds is 18. The molecule has 31 heavy (non-hydrogen) atoms. The number of hydrogen-bond acceptors (Lipinski definition) is 4. The summed E-state index contributed by atoms with van der Waals surface area (Å²) in [5, 5.41) is 2.94. The second-order valence-electron chi connectivity index (χ2n) is 8.34. The predicted octanol–water partition coefficient (Wildman–Crippen LogP) is 5.53. The summed E-state index contributed by atoms with van der Waals surface area (Å²) in [6, 6.07) is -0.520. The van der Waals surface area contributed by atoms with Crippen LogP contribution in [0.2, 0.25) is 0 Å². The monoisotopic (exact) mass is 439 g/mol. The Morgan fingerprint density at radius 2 is 1.26 bits per heavy atom. The highest BCUT2D eigenvalue weighted by molar-refractivity contribution is 6.11. The van der Waals surface area contributed by atoms with E-state index in [4.69, 9.17) is 22.1 Å². The van der Waals surface area contributed by atoms with Crippen LogP contribution >= 0.6 is 0 Å². The maximum absolute atomic E-state index is 12.1. The molecule has 4 atom stereocenters. The van der Waals surface area contributed by atoms with E-state index in [9.17, 15) is 4.79 Å². The number of nitrogens with one attached hydrogen (secondary N) is 1. The van der Waals surface area contributed by atoms with Crippen LogP contribution in [0.4, 0.5) is 0 Å².